The molecule has 0 N–H and O–H groups in total. The number of halogens is 3. The zero-order valence-electron chi connectivity index (χ0n) is 9.91. The standard InChI is InChI=1S/C12H11ClF2N2O2/c13-12-16-8-2-1-7(10(14)15)9(8)11(17-12)19-6-3-4-18-5-6/h1,6,10H,2-5H2. The second-order valence-electron chi connectivity index (χ2n) is 4.39. The van der Waals surface area contributed by atoms with Gasteiger partial charge in [0.05, 0.1) is 24.5 Å². The third kappa shape index (κ3) is 2.42. The minimum atomic E-state index is -2.58. The molecule has 1 aliphatic heterocycles. The highest BCUT2D eigenvalue weighted by Crippen LogP contribution is 2.37. The molecule has 0 aromatic carbocycles. The molecule has 1 unspecified atom stereocenters. The molecule has 0 amide bonds. The SMILES string of the molecule is FC(F)C1=CCc2nc(Cl)nc(OC3CCOC3)c21. The maximum absolute atomic E-state index is 13.0. The highest BCUT2D eigenvalue weighted by Gasteiger charge is 2.30. The summed E-state index contributed by atoms with van der Waals surface area (Å²) in [5.74, 6) is 0.134. The van der Waals surface area contributed by atoms with Gasteiger partial charge in [0, 0.05) is 18.4 Å². The van der Waals surface area contributed by atoms with Crippen molar-refractivity contribution in [2.75, 3.05) is 13.2 Å². The molecule has 0 radical (unpaired) electrons. The molecule has 0 bridgehead atoms. The van der Waals surface area contributed by atoms with E-state index < -0.39 is 6.43 Å². The lowest BCUT2D eigenvalue weighted by Gasteiger charge is -2.15. The smallest absolute Gasteiger partial charge is 0.264 e. The number of fused-ring (bicyclic) bond motifs is 1. The Hall–Kier alpha value is -1.27. The molecular formula is C12H11ClF2N2O2. The number of hydrogen-bond donors (Lipinski definition) is 0. The molecule has 2 heterocycles. The number of aromatic nitrogens is 2. The van der Waals surface area contributed by atoms with Gasteiger partial charge in [0.25, 0.3) is 6.43 Å². The number of nitrogens with zero attached hydrogens (tertiary/aromatic N) is 2. The Bertz CT molecular complexity index is 531. The van der Waals surface area contributed by atoms with Gasteiger partial charge in [-0.2, -0.15) is 4.98 Å². The van der Waals surface area contributed by atoms with Crippen LogP contribution in [0.5, 0.6) is 5.88 Å². The van der Waals surface area contributed by atoms with Gasteiger partial charge in [-0.15, -0.1) is 0 Å². The highest BCUT2D eigenvalue weighted by atomic mass is 35.5. The molecule has 1 aromatic heterocycles. The molecule has 7 heteroatoms. The number of ether oxygens (including phenoxy) is 2. The molecule has 1 atom stereocenters. The van der Waals surface area contributed by atoms with Gasteiger partial charge in [0.15, 0.2) is 0 Å². The average Bonchev–Trinajstić information content (AvgIpc) is 2.96. The number of rotatable bonds is 3. The van der Waals surface area contributed by atoms with Crippen molar-refractivity contribution in [3.8, 4) is 5.88 Å². The first-order valence-electron chi connectivity index (χ1n) is 5.94. The fourth-order valence-corrected chi connectivity index (χ4v) is 2.43. The zero-order chi connectivity index (χ0) is 13.4. The van der Waals surface area contributed by atoms with Gasteiger partial charge in [-0.25, -0.2) is 13.8 Å². The van der Waals surface area contributed by atoms with Gasteiger partial charge in [-0.3, -0.25) is 0 Å². The van der Waals surface area contributed by atoms with E-state index in [9.17, 15) is 8.78 Å². The molecule has 0 saturated carbocycles. The first kappa shape index (κ1) is 12.7. The molecule has 3 rings (SSSR count). The molecule has 1 fully saturated rings. The monoisotopic (exact) mass is 288 g/mol. The summed E-state index contributed by atoms with van der Waals surface area (Å²) in [4.78, 5) is 7.92. The summed E-state index contributed by atoms with van der Waals surface area (Å²) in [7, 11) is 0. The lowest BCUT2D eigenvalue weighted by molar-refractivity contribution is 0.137. The molecule has 102 valence electrons. The van der Waals surface area contributed by atoms with E-state index in [2.05, 4.69) is 9.97 Å². The van der Waals surface area contributed by atoms with Crippen molar-refractivity contribution < 1.29 is 18.3 Å². The van der Waals surface area contributed by atoms with Gasteiger partial charge in [-0.1, -0.05) is 6.08 Å². The lowest BCUT2D eigenvalue weighted by Crippen LogP contribution is -2.18. The molecule has 2 aliphatic rings. The summed E-state index contributed by atoms with van der Waals surface area (Å²) in [5.41, 5.74) is 0.691. The summed E-state index contributed by atoms with van der Waals surface area (Å²) < 4.78 is 36.8. The van der Waals surface area contributed by atoms with E-state index in [-0.39, 0.29) is 28.4 Å². The fraction of sp³-hybridized carbons (Fsp3) is 0.500. The molecular weight excluding hydrogens is 278 g/mol. The van der Waals surface area contributed by atoms with Gasteiger partial charge < -0.3 is 9.47 Å². The van der Waals surface area contributed by atoms with E-state index in [1.807, 2.05) is 0 Å². The van der Waals surface area contributed by atoms with Crippen molar-refractivity contribution in [2.24, 2.45) is 0 Å². The summed E-state index contributed by atoms with van der Waals surface area (Å²) in [5, 5.41) is 0.0107. The summed E-state index contributed by atoms with van der Waals surface area (Å²) >= 11 is 5.80. The summed E-state index contributed by atoms with van der Waals surface area (Å²) in [6, 6.07) is 0. The maximum Gasteiger partial charge on any atom is 0.264 e. The van der Waals surface area contributed by atoms with Crippen LogP contribution in [0.1, 0.15) is 17.7 Å². The minimum Gasteiger partial charge on any atom is -0.471 e. The number of hydrogen-bond acceptors (Lipinski definition) is 4. The van der Waals surface area contributed by atoms with Crippen LogP contribution in [0.15, 0.2) is 6.08 Å². The third-order valence-electron chi connectivity index (χ3n) is 3.13. The second kappa shape index (κ2) is 5.02. The van der Waals surface area contributed by atoms with E-state index in [0.29, 0.717) is 31.7 Å². The van der Waals surface area contributed by atoms with Gasteiger partial charge in [0.1, 0.15) is 6.10 Å². The van der Waals surface area contributed by atoms with Crippen LogP contribution in [-0.4, -0.2) is 35.7 Å². The quantitative estimate of drug-likeness (QED) is 0.802. The normalized spacial score (nSPS) is 21.7. The molecule has 19 heavy (non-hydrogen) atoms. The van der Waals surface area contributed by atoms with E-state index >= 15 is 0 Å². The van der Waals surface area contributed by atoms with Crippen LogP contribution < -0.4 is 4.74 Å². The third-order valence-corrected chi connectivity index (χ3v) is 3.30. The van der Waals surface area contributed by atoms with Crippen molar-refractivity contribution in [3.63, 3.8) is 0 Å². The highest BCUT2D eigenvalue weighted by molar-refractivity contribution is 6.28. The number of alkyl halides is 2. The Morgan fingerprint density at radius 2 is 2.26 bits per heavy atom. The van der Waals surface area contributed by atoms with Crippen molar-refractivity contribution in [3.05, 3.63) is 22.6 Å². The van der Waals surface area contributed by atoms with Crippen LogP contribution in [0.2, 0.25) is 5.28 Å². The van der Waals surface area contributed by atoms with Crippen molar-refractivity contribution in [2.45, 2.75) is 25.4 Å². The van der Waals surface area contributed by atoms with E-state index in [1.54, 1.807) is 0 Å². The van der Waals surface area contributed by atoms with E-state index in [0.717, 1.165) is 0 Å². The van der Waals surface area contributed by atoms with E-state index in [4.69, 9.17) is 21.1 Å². The Labute approximate surface area is 113 Å². The topological polar surface area (TPSA) is 44.2 Å². The number of allylic oxidation sites excluding steroid dienone is 2. The minimum absolute atomic E-state index is 0.0107. The van der Waals surface area contributed by atoms with Crippen molar-refractivity contribution >= 4 is 17.2 Å². The van der Waals surface area contributed by atoms with Crippen LogP contribution in [0, 0.1) is 0 Å². The predicted octanol–water partition coefficient (Wildman–Crippen LogP) is 2.50. The van der Waals surface area contributed by atoms with Gasteiger partial charge in [-0.05, 0) is 11.6 Å². The summed E-state index contributed by atoms with van der Waals surface area (Å²) in [6.45, 7) is 1.04. The molecule has 0 spiro atoms. The molecule has 1 aliphatic carbocycles. The van der Waals surface area contributed by atoms with Crippen LogP contribution in [-0.2, 0) is 11.2 Å². The predicted molar refractivity (Wildman–Crippen MR) is 64.6 cm³/mol. The summed E-state index contributed by atoms with van der Waals surface area (Å²) in [6.07, 6.45) is -0.264. The Morgan fingerprint density at radius 1 is 1.42 bits per heavy atom. The van der Waals surface area contributed by atoms with E-state index in [1.165, 1.54) is 6.08 Å². The second-order valence-corrected chi connectivity index (χ2v) is 4.73. The van der Waals surface area contributed by atoms with Gasteiger partial charge in [0.2, 0.25) is 11.2 Å². The fourth-order valence-electron chi connectivity index (χ4n) is 2.25. The zero-order valence-corrected chi connectivity index (χ0v) is 10.7. The Balaban J connectivity index is 1.96. The van der Waals surface area contributed by atoms with Crippen molar-refractivity contribution in [1.29, 1.82) is 0 Å². The van der Waals surface area contributed by atoms with Crippen LogP contribution in [0.3, 0.4) is 0 Å². The lowest BCUT2D eigenvalue weighted by atomic mass is 10.1. The Morgan fingerprint density at radius 3 is 2.95 bits per heavy atom. The largest absolute Gasteiger partial charge is 0.471 e. The van der Waals surface area contributed by atoms with Gasteiger partial charge >= 0.3 is 0 Å². The first-order valence-corrected chi connectivity index (χ1v) is 6.32. The maximum atomic E-state index is 13.0. The van der Waals surface area contributed by atoms with Crippen LogP contribution in [0.4, 0.5) is 8.78 Å². The van der Waals surface area contributed by atoms with Crippen LogP contribution >= 0.6 is 11.6 Å². The molecule has 1 saturated heterocycles. The van der Waals surface area contributed by atoms with Crippen molar-refractivity contribution in [1.82, 2.24) is 9.97 Å². The molecule has 1 aromatic rings. The first-order chi connectivity index (χ1) is 9.15. The molecule has 4 nitrogen and oxygen atoms in total. The Kier molecular flexibility index (Phi) is 3.36. The average molecular weight is 289 g/mol. The van der Waals surface area contributed by atoms with Crippen LogP contribution in [0.25, 0.3) is 5.57 Å².